The number of nitrogens with two attached hydrogens (primary N) is 1. The van der Waals surface area contributed by atoms with E-state index >= 15 is 0 Å². The fourth-order valence-corrected chi connectivity index (χ4v) is 1.83. The molecule has 1 aromatic heterocycles. The van der Waals surface area contributed by atoms with Crippen LogP contribution in [-0.4, -0.2) is 4.98 Å². The van der Waals surface area contributed by atoms with Crippen molar-refractivity contribution in [2.75, 3.05) is 0 Å². The highest BCUT2D eigenvalue weighted by Gasteiger charge is 2.09. The molecule has 1 unspecified atom stereocenters. The third-order valence-corrected chi connectivity index (χ3v) is 2.61. The molecule has 0 saturated heterocycles. The number of nitrogens with zero attached hydrogens (tertiary/aromatic N) is 1. The van der Waals surface area contributed by atoms with E-state index in [0.29, 0.717) is 0 Å². The number of hydrazine groups is 1. The summed E-state index contributed by atoms with van der Waals surface area (Å²) in [5.41, 5.74) is 2.73. The van der Waals surface area contributed by atoms with Gasteiger partial charge in [-0.25, -0.2) is 4.98 Å². The second kappa shape index (κ2) is 4.35. The maximum absolute atomic E-state index is 5.38. The molecule has 0 radical (unpaired) electrons. The van der Waals surface area contributed by atoms with Crippen molar-refractivity contribution >= 4 is 11.3 Å². The number of nitrogens with one attached hydrogen (secondary N) is 1. The number of thiazole rings is 1. The second-order valence-corrected chi connectivity index (χ2v) is 3.79. The van der Waals surface area contributed by atoms with E-state index in [4.69, 9.17) is 5.84 Å². The summed E-state index contributed by atoms with van der Waals surface area (Å²) in [4.78, 5) is 5.32. The van der Waals surface area contributed by atoms with E-state index in [1.54, 1.807) is 11.3 Å². The highest BCUT2D eigenvalue weighted by molar-refractivity contribution is 7.11. The van der Waals surface area contributed by atoms with Gasteiger partial charge in [-0.05, 0) is 13.3 Å². The van der Waals surface area contributed by atoms with Gasteiger partial charge >= 0.3 is 0 Å². The zero-order valence-corrected chi connectivity index (χ0v) is 7.90. The van der Waals surface area contributed by atoms with Gasteiger partial charge in [-0.3, -0.25) is 11.3 Å². The van der Waals surface area contributed by atoms with Crippen LogP contribution in [0.1, 0.15) is 22.3 Å². The lowest BCUT2D eigenvalue weighted by Gasteiger charge is -2.09. The van der Waals surface area contributed by atoms with Crippen LogP contribution in [0.5, 0.6) is 0 Å². The van der Waals surface area contributed by atoms with Crippen molar-refractivity contribution in [1.29, 1.82) is 0 Å². The van der Waals surface area contributed by atoms with E-state index < -0.39 is 0 Å². The quantitative estimate of drug-likeness (QED) is 0.423. The summed E-state index contributed by atoms with van der Waals surface area (Å²) in [6, 6.07) is 0.161. The third kappa shape index (κ3) is 2.14. The Hall–Kier alpha value is -0.710. The number of hydrogen-bond donors (Lipinski definition) is 2. The largest absolute Gasteiger partial charge is 0.271 e. The highest BCUT2D eigenvalue weighted by Crippen LogP contribution is 2.22. The number of aryl methyl sites for hydroxylation is 1. The van der Waals surface area contributed by atoms with Gasteiger partial charge in [0, 0.05) is 11.1 Å². The highest BCUT2D eigenvalue weighted by atomic mass is 32.1. The molecule has 1 rings (SSSR count). The summed E-state index contributed by atoms with van der Waals surface area (Å²) < 4.78 is 0. The van der Waals surface area contributed by atoms with Crippen molar-refractivity contribution in [3.8, 4) is 0 Å². The summed E-state index contributed by atoms with van der Waals surface area (Å²) in [6.07, 6.45) is 4.53. The molecule has 3 nitrogen and oxygen atoms in total. The number of aromatic nitrogens is 1. The van der Waals surface area contributed by atoms with Crippen LogP contribution < -0.4 is 11.3 Å². The van der Waals surface area contributed by atoms with Crippen molar-refractivity contribution in [2.45, 2.75) is 19.4 Å². The van der Waals surface area contributed by atoms with Gasteiger partial charge in [0.2, 0.25) is 0 Å². The lowest BCUT2D eigenvalue weighted by Crippen LogP contribution is -2.26. The Morgan fingerprint density at radius 2 is 2.67 bits per heavy atom. The Morgan fingerprint density at radius 3 is 3.08 bits per heavy atom. The van der Waals surface area contributed by atoms with Crippen LogP contribution in [0.3, 0.4) is 0 Å². The second-order valence-electron chi connectivity index (χ2n) is 2.53. The molecule has 0 aromatic carbocycles. The van der Waals surface area contributed by atoms with Crippen LogP contribution in [0.25, 0.3) is 0 Å². The van der Waals surface area contributed by atoms with Gasteiger partial charge in [0.1, 0.15) is 0 Å². The zero-order valence-electron chi connectivity index (χ0n) is 7.08. The monoisotopic (exact) mass is 183 g/mol. The Bertz CT molecular complexity index is 257. The van der Waals surface area contributed by atoms with Crippen LogP contribution >= 0.6 is 11.3 Å². The standard InChI is InChI=1S/C8H13N3S/c1-3-4-7(11-9)8-5-10-6(2)12-8/h3,5,7,11H,1,4,9H2,2H3. The fraction of sp³-hybridized carbons (Fsp3) is 0.375. The summed E-state index contributed by atoms with van der Waals surface area (Å²) >= 11 is 1.66. The van der Waals surface area contributed by atoms with E-state index in [1.807, 2.05) is 19.2 Å². The first-order valence-electron chi connectivity index (χ1n) is 3.77. The van der Waals surface area contributed by atoms with Crippen LogP contribution in [0.2, 0.25) is 0 Å². The molecule has 0 amide bonds. The topological polar surface area (TPSA) is 50.9 Å². The van der Waals surface area contributed by atoms with Crippen LogP contribution in [0, 0.1) is 6.92 Å². The molecule has 0 aliphatic heterocycles. The van der Waals surface area contributed by atoms with Crippen LogP contribution in [0.15, 0.2) is 18.9 Å². The average molecular weight is 183 g/mol. The fourth-order valence-electron chi connectivity index (χ4n) is 0.972. The summed E-state index contributed by atoms with van der Waals surface area (Å²) in [5, 5.41) is 1.06. The molecule has 0 aliphatic carbocycles. The van der Waals surface area contributed by atoms with Gasteiger partial charge in [0.25, 0.3) is 0 Å². The maximum Gasteiger partial charge on any atom is 0.0897 e. The number of rotatable bonds is 4. The van der Waals surface area contributed by atoms with E-state index in [2.05, 4.69) is 17.0 Å². The Labute approximate surface area is 76.3 Å². The normalized spacial score (nSPS) is 12.8. The predicted octanol–water partition coefficient (Wildman–Crippen LogP) is 1.53. The average Bonchev–Trinajstić information content (AvgIpc) is 2.47. The Balaban J connectivity index is 2.72. The SMILES string of the molecule is C=CCC(NN)c1cnc(C)s1. The molecule has 1 aromatic rings. The molecule has 0 bridgehead atoms. The van der Waals surface area contributed by atoms with Gasteiger partial charge in [-0.1, -0.05) is 6.08 Å². The number of hydrogen-bond acceptors (Lipinski definition) is 4. The molecule has 0 fully saturated rings. The van der Waals surface area contributed by atoms with Gasteiger partial charge in [0.05, 0.1) is 11.0 Å². The zero-order chi connectivity index (χ0) is 8.97. The maximum atomic E-state index is 5.38. The summed E-state index contributed by atoms with van der Waals surface area (Å²) in [7, 11) is 0. The lowest BCUT2D eigenvalue weighted by molar-refractivity contribution is 0.569. The molecule has 0 spiro atoms. The van der Waals surface area contributed by atoms with Crippen LogP contribution in [-0.2, 0) is 0 Å². The van der Waals surface area contributed by atoms with E-state index in [9.17, 15) is 0 Å². The van der Waals surface area contributed by atoms with E-state index in [1.165, 1.54) is 0 Å². The molecule has 66 valence electrons. The summed E-state index contributed by atoms with van der Waals surface area (Å²) in [5.74, 6) is 5.38. The van der Waals surface area contributed by atoms with Crippen LogP contribution in [0.4, 0.5) is 0 Å². The van der Waals surface area contributed by atoms with Gasteiger partial charge in [0.15, 0.2) is 0 Å². The molecule has 0 aliphatic rings. The smallest absolute Gasteiger partial charge is 0.0897 e. The molecular weight excluding hydrogens is 170 g/mol. The Morgan fingerprint density at radius 1 is 1.92 bits per heavy atom. The van der Waals surface area contributed by atoms with Crippen molar-refractivity contribution in [3.05, 3.63) is 28.7 Å². The lowest BCUT2D eigenvalue weighted by atomic mass is 10.2. The van der Waals surface area contributed by atoms with Gasteiger partial charge in [-0.15, -0.1) is 17.9 Å². The van der Waals surface area contributed by atoms with Crippen molar-refractivity contribution in [3.63, 3.8) is 0 Å². The minimum atomic E-state index is 0.161. The van der Waals surface area contributed by atoms with Gasteiger partial charge in [-0.2, -0.15) is 0 Å². The molecule has 4 heteroatoms. The predicted molar refractivity (Wildman–Crippen MR) is 51.7 cm³/mol. The molecular formula is C8H13N3S. The third-order valence-electron chi connectivity index (χ3n) is 1.59. The molecule has 1 atom stereocenters. The van der Waals surface area contributed by atoms with Crippen molar-refractivity contribution in [1.82, 2.24) is 10.4 Å². The Kier molecular flexibility index (Phi) is 3.40. The van der Waals surface area contributed by atoms with E-state index in [-0.39, 0.29) is 6.04 Å². The first-order chi connectivity index (χ1) is 5.77. The first kappa shape index (κ1) is 9.38. The van der Waals surface area contributed by atoms with Crippen molar-refractivity contribution < 1.29 is 0 Å². The molecule has 0 saturated carbocycles. The van der Waals surface area contributed by atoms with Gasteiger partial charge < -0.3 is 0 Å². The minimum Gasteiger partial charge on any atom is -0.271 e. The first-order valence-corrected chi connectivity index (χ1v) is 4.59. The minimum absolute atomic E-state index is 0.161. The molecule has 3 N–H and O–H groups in total. The molecule has 1 heterocycles. The van der Waals surface area contributed by atoms with E-state index in [0.717, 1.165) is 16.3 Å². The van der Waals surface area contributed by atoms with Crippen molar-refractivity contribution in [2.24, 2.45) is 5.84 Å². The summed E-state index contributed by atoms with van der Waals surface area (Å²) in [6.45, 7) is 5.65. The molecule has 12 heavy (non-hydrogen) atoms.